The van der Waals surface area contributed by atoms with E-state index in [0.29, 0.717) is 25.6 Å². The predicted molar refractivity (Wildman–Crippen MR) is 59.4 cm³/mol. The first-order chi connectivity index (χ1) is 8.27. The largest absolute Gasteiger partial charge is 0.381 e. The lowest BCUT2D eigenvalue weighted by Crippen LogP contribution is -2.48. The molecule has 0 aliphatic carbocycles. The third-order valence-corrected chi connectivity index (χ3v) is 3.86. The summed E-state index contributed by atoms with van der Waals surface area (Å²) in [5, 5.41) is 0. The first-order valence-corrected chi connectivity index (χ1v) is 6.41. The molecule has 1 amide bonds. The molecule has 0 N–H and O–H groups in total. The number of hydrogen-bond acceptors (Lipinski definition) is 4. The average Bonchev–Trinajstić information content (AvgIpc) is 2.73. The molecule has 3 aliphatic heterocycles. The lowest BCUT2D eigenvalue weighted by atomic mass is 10.00. The van der Waals surface area contributed by atoms with Crippen LogP contribution in [0.2, 0.25) is 0 Å². The summed E-state index contributed by atoms with van der Waals surface area (Å²) in [5.41, 5.74) is 0. The summed E-state index contributed by atoms with van der Waals surface area (Å²) in [6.45, 7) is 4.38. The number of piperidine rings is 1. The van der Waals surface area contributed by atoms with Gasteiger partial charge in [-0.15, -0.1) is 0 Å². The normalized spacial score (nSPS) is 28.4. The molecule has 3 fully saturated rings. The Morgan fingerprint density at radius 1 is 1.18 bits per heavy atom. The van der Waals surface area contributed by atoms with Crippen LogP contribution >= 0.6 is 0 Å². The van der Waals surface area contributed by atoms with Crippen molar-refractivity contribution >= 4 is 5.91 Å². The van der Waals surface area contributed by atoms with E-state index in [4.69, 9.17) is 14.2 Å². The Kier molecular flexibility index (Phi) is 3.06. The van der Waals surface area contributed by atoms with Crippen molar-refractivity contribution in [1.82, 2.24) is 4.90 Å². The topological polar surface area (TPSA) is 48.0 Å². The third-order valence-electron chi connectivity index (χ3n) is 3.86. The Labute approximate surface area is 101 Å². The van der Waals surface area contributed by atoms with E-state index in [1.54, 1.807) is 0 Å². The van der Waals surface area contributed by atoms with Crippen molar-refractivity contribution in [1.29, 1.82) is 0 Å². The SMILES string of the molecule is O=C(CC1COC1)N1CCC2(CC1)OCCO2. The molecule has 3 heterocycles. The molecule has 17 heavy (non-hydrogen) atoms. The van der Waals surface area contributed by atoms with Crippen LogP contribution in [-0.4, -0.2) is 56.1 Å². The molecule has 5 nitrogen and oxygen atoms in total. The van der Waals surface area contributed by atoms with Gasteiger partial charge in [-0.1, -0.05) is 0 Å². The number of ether oxygens (including phenoxy) is 3. The van der Waals surface area contributed by atoms with Crippen LogP contribution in [0.5, 0.6) is 0 Å². The minimum atomic E-state index is -0.379. The van der Waals surface area contributed by atoms with Crippen molar-refractivity contribution in [2.45, 2.75) is 25.0 Å². The second-order valence-corrected chi connectivity index (χ2v) is 5.10. The molecule has 0 atom stereocenters. The smallest absolute Gasteiger partial charge is 0.223 e. The summed E-state index contributed by atoms with van der Waals surface area (Å²) in [6, 6.07) is 0. The molecule has 5 heteroatoms. The van der Waals surface area contributed by atoms with E-state index in [1.807, 2.05) is 4.90 Å². The standard InChI is InChI=1S/C12H19NO4/c14-11(7-10-8-15-9-10)13-3-1-12(2-4-13)16-5-6-17-12/h10H,1-9H2. The number of carbonyl (C=O) groups is 1. The first kappa shape index (κ1) is 11.4. The van der Waals surface area contributed by atoms with Gasteiger partial charge in [0.15, 0.2) is 5.79 Å². The highest BCUT2D eigenvalue weighted by atomic mass is 16.7. The maximum atomic E-state index is 12.0. The summed E-state index contributed by atoms with van der Waals surface area (Å²) >= 11 is 0. The summed E-state index contributed by atoms with van der Waals surface area (Å²) in [5.74, 6) is 0.319. The minimum Gasteiger partial charge on any atom is -0.381 e. The second kappa shape index (κ2) is 4.55. The zero-order chi connectivity index (χ0) is 11.7. The van der Waals surface area contributed by atoms with Crippen molar-refractivity contribution in [2.75, 3.05) is 39.5 Å². The molecular formula is C12H19NO4. The minimum absolute atomic E-state index is 0.256. The zero-order valence-electron chi connectivity index (χ0n) is 10.0. The van der Waals surface area contributed by atoms with Gasteiger partial charge in [-0.25, -0.2) is 0 Å². The monoisotopic (exact) mass is 241 g/mol. The molecule has 0 unspecified atom stereocenters. The quantitative estimate of drug-likeness (QED) is 0.701. The highest BCUT2D eigenvalue weighted by Gasteiger charge is 2.41. The Hall–Kier alpha value is -0.650. The summed E-state index contributed by atoms with van der Waals surface area (Å²) < 4.78 is 16.4. The molecule has 0 aromatic rings. The number of hydrogen-bond donors (Lipinski definition) is 0. The summed E-state index contributed by atoms with van der Waals surface area (Å²) in [7, 11) is 0. The highest BCUT2D eigenvalue weighted by Crippen LogP contribution is 2.31. The maximum Gasteiger partial charge on any atom is 0.223 e. The van der Waals surface area contributed by atoms with Crippen molar-refractivity contribution in [2.24, 2.45) is 5.92 Å². The molecule has 0 aromatic carbocycles. The van der Waals surface area contributed by atoms with Crippen molar-refractivity contribution in [3.63, 3.8) is 0 Å². The van der Waals surface area contributed by atoms with E-state index in [0.717, 1.165) is 39.1 Å². The van der Waals surface area contributed by atoms with Crippen LogP contribution in [0.25, 0.3) is 0 Å². The fourth-order valence-electron chi connectivity index (χ4n) is 2.66. The Balaban J connectivity index is 1.48. The predicted octanol–water partition coefficient (Wildman–Crippen LogP) is 0.388. The Morgan fingerprint density at radius 2 is 1.82 bits per heavy atom. The van der Waals surface area contributed by atoms with Gasteiger partial charge in [-0.2, -0.15) is 0 Å². The van der Waals surface area contributed by atoms with E-state index in [2.05, 4.69) is 0 Å². The molecule has 0 radical (unpaired) electrons. The number of likely N-dealkylation sites (tertiary alicyclic amines) is 1. The van der Waals surface area contributed by atoms with Crippen molar-refractivity contribution in [3.8, 4) is 0 Å². The van der Waals surface area contributed by atoms with Crippen LogP contribution in [0.1, 0.15) is 19.3 Å². The van der Waals surface area contributed by atoms with Crippen LogP contribution in [0.4, 0.5) is 0 Å². The molecule has 3 aliphatic rings. The van der Waals surface area contributed by atoms with E-state index < -0.39 is 0 Å². The molecule has 3 rings (SSSR count). The molecule has 96 valence electrons. The van der Waals surface area contributed by atoms with E-state index in [9.17, 15) is 4.79 Å². The number of amides is 1. The molecule has 0 bridgehead atoms. The van der Waals surface area contributed by atoms with Crippen LogP contribution in [-0.2, 0) is 19.0 Å². The summed E-state index contributed by atoms with van der Waals surface area (Å²) in [4.78, 5) is 13.9. The van der Waals surface area contributed by atoms with Gasteiger partial charge in [-0.3, -0.25) is 4.79 Å². The van der Waals surface area contributed by atoms with Gasteiger partial charge in [0, 0.05) is 38.3 Å². The lowest BCUT2D eigenvalue weighted by Gasteiger charge is -2.38. The summed E-state index contributed by atoms with van der Waals surface area (Å²) in [6.07, 6.45) is 2.24. The maximum absolute atomic E-state index is 12.0. The molecule has 3 saturated heterocycles. The van der Waals surface area contributed by atoms with Gasteiger partial charge in [0.2, 0.25) is 5.91 Å². The second-order valence-electron chi connectivity index (χ2n) is 5.10. The van der Waals surface area contributed by atoms with Crippen LogP contribution in [0, 0.1) is 5.92 Å². The molecule has 1 spiro atoms. The fraction of sp³-hybridized carbons (Fsp3) is 0.917. The number of nitrogens with zero attached hydrogens (tertiary/aromatic N) is 1. The highest BCUT2D eigenvalue weighted by molar-refractivity contribution is 5.76. The van der Waals surface area contributed by atoms with Gasteiger partial charge in [0.05, 0.1) is 26.4 Å². The van der Waals surface area contributed by atoms with E-state index in [-0.39, 0.29) is 11.7 Å². The average molecular weight is 241 g/mol. The van der Waals surface area contributed by atoms with Gasteiger partial charge in [0.1, 0.15) is 0 Å². The van der Waals surface area contributed by atoms with Crippen LogP contribution in [0.15, 0.2) is 0 Å². The van der Waals surface area contributed by atoms with Crippen molar-refractivity contribution < 1.29 is 19.0 Å². The van der Waals surface area contributed by atoms with E-state index >= 15 is 0 Å². The Bertz CT molecular complexity index is 287. The third kappa shape index (κ3) is 2.32. The van der Waals surface area contributed by atoms with Gasteiger partial charge < -0.3 is 19.1 Å². The van der Waals surface area contributed by atoms with Crippen molar-refractivity contribution in [3.05, 3.63) is 0 Å². The molecular weight excluding hydrogens is 222 g/mol. The lowest BCUT2D eigenvalue weighted by molar-refractivity contribution is -0.188. The van der Waals surface area contributed by atoms with E-state index in [1.165, 1.54) is 0 Å². The fourth-order valence-corrected chi connectivity index (χ4v) is 2.66. The van der Waals surface area contributed by atoms with Gasteiger partial charge in [-0.05, 0) is 0 Å². The van der Waals surface area contributed by atoms with Crippen LogP contribution < -0.4 is 0 Å². The zero-order valence-corrected chi connectivity index (χ0v) is 10.0. The van der Waals surface area contributed by atoms with Gasteiger partial charge >= 0.3 is 0 Å². The number of carbonyl (C=O) groups excluding carboxylic acids is 1. The van der Waals surface area contributed by atoms with Gasteiger partial charge in [0.25, 0.3) is 0 Å². The molecule has 0 saturated carbocycles. The van der Waals surface area contributed by atoms with Crippen LogP contribution in [0.3, 0.4) is 0 Å². The Morgan fingerprint density at radius 3 is 2.35 bits per heavy atom. The first-order valence-electron chi connectivity index (χ1n) is 6.41. The number of rotatable bonds is 2. The molecule has 0 aromatic heterocycles.